The van der Waals surface area contributed by atoms with Gasteiger partial charge in [-0.25, -0.2) is 0 Å². The van der Waals surface area contributed by atoms with Crippen LogP contribution in [0.25, 0.3) is 22.0 Å². The average molecular weight is 513 g/mol. The minimum atomic E-state index is -0.183. The maximum Gasteiger partial charge on any atom is 0.253 e. The number of nitrogens with one attached hydrogen (secondary N) is 2. The van der Waals surface area contributed by atoms with Gasteiger partial charge in [0.15, 0.2) is 0 Å². The predicted octanol–water partition coefficient (Wildman–Crippen LogP) is 4.70. The fourth-order valence-electron chi connectivity index (χ4n) is 5.48. The lowest BCUT2D eigenvalue weighted by atomic mass is 9.94. The van der Waals surface area contributed by atoms with Crippen molar-refractivity contribution in [2.45, 2.75) is 47.3 Å². The summed E-state index contributed by atoms with van der Waals surface area (Å²) in [6, 6.07) is 14.7. The van der Waals surface area contributed by atoms with Crippen molar-refractivity contribution in [2.75, 3.05) is 26.3 Å². The average Bonchev–Trinajstić information content (AvgIpc) is 3.34. The summed E-state index contributed by atoms with van der Waals surface area (Å²) in [5, 5.41) is 4.13. The highest BCUT2D eigenvalue weighted by atomic mass is 16.5. The molecule has 2 aromatic carbocycles. The van der Waals surface area contributed by atoms with Crippen molar-refractivity contribution in [1.29, 1.82) is 0 Å². The topological polar surface area (TPSA) is 79.4 Å². The van der Waals surface area contributed by atoms with E-state index in [1.807, 2.05) is 32.9 Å². The first-order chi connectivity index (χ1) is 18.4. The summed E-state index contributed by atoms with van der Waals surface area (Å²) in [6.45, 7) is 13.3. The Kier molecular flexibility index (Phi) is 7.49. The third-order valence-electron chi connectivity index (χ3n) is 7.58. The molecule has 0 atom stereocenters. The second-order valence-electron chi connectivity index (χ2n) is 10.2. The number of amides is 1. The van der Waals surface area contributed by atoms with Crippen molar-refractivity contribution in [3.63, 3.8) is 0 Å². The molecule has 1 saturated heterocycles. The molecule has 198 valence electrons. The number of carbonyl (C=O) groups is 1. The molecule has 3 heterocycles. The predicted molar refractivity (Wildman–Crippen MR) is 152 cm³/mol. The molecule has 2 N–H and O–H groups in total. The SMILES string of the molecule is CCn1ccc2c(-c3ccc(CN4CCOCC4)cc3)cc(C(=O)NCc3c(C)cc(C)[nH]c3=O)c(C)c21. The van der Waals surface area contributed by atoms with Crippen LogP contribution in [0.3, 0.4) is 0 Å². The minimum absolute atomic E-state index is 0.160. The maximum atomic E-state index is 13.5. The molecule has 5 rings (SSSR count). The first kappa shape index (κ1) is 25.9. The standard InChI is InChI=1S/C31H36N4O3/c1-5-35-11-10-25-27(24-8-6-23(7-9-24)19-34-12-14-38-15-13-34)17-26(22(4)29(25)35)30(36)32-18-28-20(2)16-21(3)33-31(28)37/h6-11,16-17H,5,12-15,18-19H2,1-4H3,(H,32,36)(H,33,37). The molecule has 0 saturated carbocycles. The molecule has 0 radical (unpaired) electrons. The molecule has 0 unspecified atom stereocenters. The molecule has 1 fully saturated rings. The van der Waals surface area contributed by atoms with Crippen LogP contribution >= 0.6 is 0 Å². The summed E-state index contributed by atoms with van der Waals surface area (Å²) in [4.78, 5) is 31.2. The second kappa shape index (κ2) is 11.0. The van der Waals surface area contributed by atoms with Gasteiger partial charge < -0.3 is 19.6 Å². The van der Waals surface area contributed by atoms with E-state index >= 15 is 0 Å². The zero-order chi connectivity index (χ0) is 26.8. The van der Waals surface area contributed by atoms with Crippen molar-refractivity contribution in [2.24, 2.45) is 0 Å². The highest BCUT2D eigenvalue weighted by molar-refractivity contribution is 6.06. The molecule has 7 nitrogen and oxygen atoms in total. The molecule has 0 spiro atoms. The van der Waals surface area contributed by atoms with Gasteiger partial charge in [-0.3, -0.25) is 14.5 Å². The van der Waals surface area contributed by atoms with Crippen molar-refractivity contribution < 1.29 is 9.53 Å². The first-order valence-corrected chi connectivity index (χ1v) is 13.3. The Labute approximate surface area is 223 Å². The van der Waals surface area contributed by atoms with Gasteiger partial charge in [0.2, 0.25) is 0 Å². The van der Waals surface area contributed by atoms with Gasteiger partial charge in [0, 0.05) is 61.1 Å². The molecular formula is C31H36N4O3. The summed E-state index contributed by atoms with van der Waals surface area (Å²) in [6.07, 6.45) is 2.09. The van der Waals surface area contributed by atoms with Crippen molar-refractivity contribution in [3.05, 3.63) is 92.5 Å². The highest BCUT2D eigenvalue weighted by Gasteiger charge is 2.19. The van der Waals surface area contributed by atoms with Crippen LogP contribution in [-0.4, -0.2) is 46.7 Å². The monoisotopic (exact) mass is 512 g/mol. The Hall–Kier alpha value is -3.68. The summed E-state index contributed by atoms with van der Waals surface area (Å²) in [7, 11) is 0. The number of aryl methyl sites for hydroxylation is 4. The van der Waals surface area contributed by atoms with E-state index in [-0.39, 0.29) is 18.0 Å². The number of hydrogen-bond donors (Lipinski definition) is 2. The number of H-pyrrole nitrogens is 1. The zero-order valence-corrected chi connectivity index (χ0v) is 22.7. The van der Waals surface area contributed by atoms with Crippen LogP contribution in [0.5, 0.6) is 0 Å². The highest BCUT2D eigenvalue weighted by Crippen LogP contribution is 2.34. The lowest BCUT2D eigenvalue weighted by Crippen LogP contribution is -2.35. The Morgan fingerprint density at radius 3 is 2.47 bits per heavy atom. The van der Waals surface area contributed by atoms with Crippen LogP contribution in [0, 0.1) is 20.8 Å². The molecule has 4 aromatic rings. The van der Waals surface area contributed by atoms with Crippen LogP contribution < -0.4 is 10.9 Å². The molecule has 0 bridgehead atoms. The number of ether oxygens (including phenoxy) is 1. The largest absolute Gasteiger partial charge is 0.379 e. The number of hydrogen-bond acceptors (Lipinski definition) is 4. The number of benzene rings is 2. The summed E-state index contributed by atoms with van der Waals surface area (Å²) in [5.74, 6) is -0.183. The van der Waals surface area contributed by atoms with Crippen LogP contribution in [0.1, 0.15) is 45.2 Å². The van der Waals surface area contributed by atoms with E-state index in [1.165, 1.54) is 5.56 Å². The molecule has 1 aliphatic heterocycles. The van der Waals surface area contributed by atoms with Crippen LogP contribution in [0.4, 0.5) is 0 Å². The second-order valence-corrected chi connectivity index (χ2v) is 10.2. The van der Waals surface area contributed by atoms with Gasteiger partial charge >= 0.3 is 0 Å². The van der Waals surface area contributed by atoms with E-state index in [0.717, 1.165) is 78.2 Å². The van der Waals surface area contributed by atoms with Gasteiger partial charge in [-0.1, -0.05) is 24.3 Å². The maximum absolute atomic E-state index is 13.5. The van der Waals surface area contributed by atoms with Gasteiger partial charge in [-0.15, -0.1) is 0 Å². The smallest absolute Gasteiger partial charge is 0.253 e. The number of aromatic amines is 1. The van der Waals surface area contributed by atoms with E-state index in [1.54, 1.807) is 0 Å². The van der Waals surface area contributed by atoms with E-state index in [4.69, 9.17) is 4.74 Å². The van der Waals surface area contributed by atoms with Gasteiger partial charge in [0.1, 0.15) is 0 Å². The van der Waals surface area contributed by atoms with E-state index in [9.17, 15) is 9.59 Å². The number of aromatic nitrogens is 2. The fraction of sp³-hybridized carbons (Fsp3) is 0.355. The molecule has 7 heteroatoms. The summed E-state index contributed by atoms with van der Waals surface area (Å²) < 4.78 is 7.66. The first-order valence-electron chi connectivity index (χ1n) is 13.3. The van der Waals surface area contributed by atoms with Crippen LogP contribution in [-0.2, 0) is 24.4 Å². The molecule has 0 aliphatic carbocycles. The summed E-state index contributed by atoms with van der Waals surface area (Å²) in [5.41, 5.74) is 8.11. The van der Waals surface area contributed by atoms with E-state index < -0.39 is 0 Å². The summed E-state index contributed by atoms with van der Waals surface area (Å²) >= 11 is 0. The third-order valence-corrected chi connectivity index (χ3v) is 7.58. The number of carbonyl (C=O) groups excluding carboxylic acids is 1. The lowest BCUT2D eigenvalue weighted by Gasteiger charge is -2.26. The lowest BCUT2D eigenvalue weighted by molar-refractivity contribution is 0.0342. The quantitative estimate of drug-likeness (QED) is 0.376. The van der Waals surface area contributed by atoms with Crippen molar-refractivity contribution in [3.8, 4) is 11.1 Å². The third kappa shape index (κ3) is 5.17. The normalized spacial score (nSPS) is 14.2. The van der Waals surface area contributed by atoms with Gasteiger partial charge in [0.25, 0.3) is 11.5 Å². The van der Waals surface area contributed by atoms with Crippen molar-refractivity contribution >= 4 is 16.8 Å². The Morgan fingerprint density at radius 1 is 1.05 bits per heavy atom. The Bertz CT molecular complexity index is 1530. The van der Waals surface area contributed by atoms with Crippen molar-refractivity contribution in [1.82, 2.24) is 19.8 Å². The number of pyridine rings is 1. The van der Waals surface area contributed by atoms with E-state index in [2.05, 4.69) is 63.2 Å². The number of fused-ring (bicyclic) bond motifs is 1. The minimum Gasteiger partial charge on any atom is -0.379 e. The number of morpholine rings is 1. The van der Waals surface area contributed by atoms with Gasteiger partial charge in [0.05, 0.1) is 18.7 Å². The Balaban J connectivity index is 1.47. The zero-order valence-electron chi connectivity index (χ0n) is 22.7. The molecule has 1 aliphatic rings. The van der Waals surface area contributed by atoms with Gasteiger partial charge in [-0.2, -0.15) is 0 Å². The fourth-order valence-corrected chi connectivity index (χ4v) is 5.48. The molecule has 2 aromatic heterocycles. The number of rotatable bonds is 7. The van der Waals surface area contributed by atoms with E-state index in [0.29, 0.717) is 11.1 Å². The Morgan fingerprint density at radius 2 is 1.79 bits per heavy atom. The van der Waals surface area contributed by atoms with Gasteiger partial charge in [-0.05, 0) is 73.7 Å². The molecular weight excluding hydrogens is 476 g/mol. The van der Waals surface area contributed by atoms with Crippen LogP contribution in [0.2, 0.25) is 0 Å². The molecule has 1 amide bonds. The number of nitrogens with zero attached hydrogens (tertiary/aromatic N) is 2. The van der Waals surface area contributed by atoms with Crippen LogP contribution in [0.15, 0.2) is 53.5 Å². The molecule has 38 heavy (non-hydrogen) atoms.